The summed E-state index contributed by atoms with van der Waals surface area (Å²) in [5, 5.41) is 2.83. The first-order valence-corrected chi connectivity index (χ1v) is 14.4. The van der Waals surface area contributed by atoms with Crippen molar-refractivity contribution >= 4 is 27.4 Å². The number of halogens is 1. The first kappa shape index (κ1) is 26.4. The van der Waals surface area contributed by atoms with E-state index in [0.29, 0.717) is 26.1 Å². The monoisotopic (exact) mass is 550 g/mol. The quantitative estimate of drug-likeness (QED) is 0.547. The number of anilines is 2. The zero-order valence-electron chi connectivity index (χ0n) is 21.5. The van der Waals surface area contributed by atoms with Gasteiger partial charge in [-0.25, -0.2) is 22.6 Å². The summed E-state index contributed by atoms with van der Waals surface area (Å²) < 4.78 is 61.3. The number of carbonyl (C=O) groups excluding carboxylic acids is 1. The van der Waals surface area contributed by atoms with Gasteiger partial charge in [-0.05, 0) is 44.4 Å². The van der Waals surface area contributed by atoms with Crippen LogP contribution in [0.1, 0.15) is 39.0 Å². The van der Waals surface area contributed by atoms with Crippen molar-refractivity contribution in [2.75, 3.05) is 31.9 Å². The number of methoxy groups -OCH3 is 1. The summed E-state index contributed by atoms with van der Waals surface area (Å²) in [6, 6.07) is 3.16. The van der Waals surface area contributed by atoms with Crippen LogP contribution >= 0.6 is 0 Å². The molecule has 3 heterocycles. The molecule has 206 valence electrons. The molecule has 2 aromatic rings. The number of carbonyl (C=O) groups is 1. The number of piperidine rings is 1. The molecule has 0 radical (unpaired) electrons. The van der Waals surface area contributed by atoms with Gasteiger partial charge < -0.3 is 24.3 Å². The second kappa shape index (κ2) is 10.2. The molecule has 2 atom stereocenters. The number of nitrogens with one attached hydrogen (secondary N) is 1. The van der Waals surface area contributed by atoms with E-state index in [1.165, 1.54) is 25.6 Å². The van der Waals surface area contributed by atoms with E-state index in [-0.39, 0.29) is 57.9 Å². The van der Waals surface area contributed by atoms with Crippen LogP contribution in [0.2, 0.25) is 0 Å². The Labute approximate surface area is 220 Å². The molecule has 2 saturated heterocycles. The summed E-state index contributed by atoms with van der Waals surface area (Å²) in [5.41, 5.74) is -0.374. The SMILES string of the molecule is COc1c(Nc2ccc(S(C)(=O)=O)cc2F)ncnc1OC1CC2COCC(C1)N2C(=O)OC1(C)CCC1. The highest BCUT2D eigenvalue weighted by atomic mass is 32.2. The van der Waals surface area contributed by atoms with Crippen LogP contribution in [0.25, 0.3) is 0 Å². The van der Waals surface area contributed by atoms with Gasteiger partial charge in [0.1, 0.15) is 23.8 Å². The Kier molecular flexibility index (Phi) is 7.07. The lowest BCUT2D eigenvalue weighted by atomic mass is 9.82. The second-order valence-electron chi connectivity index (χ2n) is 10.2. The van der Waals surface area contributed by atoms with E-state index in [2.05, 4.69) is 15.3 Å². The Morgan fingerprint density at radius 2 is 1.92 bits per heavy atom. The zero-order valence-corrected chi connectivity index (χ0v) is 22.3. The van der Waals surface area contributed by atoms with E-state index in [1.54, 1.807) is 4.90 Å². The molecule has 38 heavy (non-hydrogen) atoms. The maximum absolute atomic E-state index is 14.6. The molecule has 11 nitrogen and oxygen atoms in total. The van der Waals surface area contributed by atoms with Crippen molar-refractivity contribution in [3.8, 4) is 11.6 Å². The lowest BCUT2D eigenvalue weighted by Crippen LogP contribution is -2.62. The maximum atomic E-state index is 14.6. The smallest absolute Gasteiger partial charge is 0.410 e. The first-order chi connectivity index (χ1) is 18.1. The Bertz CT molecular complexity index is 1310. The average molecular weight is 551 g/mol. The number of amides is 1. The molecule has 2 bridgehead atoms. The van der Waals surface area contributed by atoms with Gasteiger partial charge in [-0.15, -0.1) is 0 Å². The zero-order chi connectivity index (χ0) is 27.1. The van der Waals surface area contributed by atoms with Crippen molar-refractivity contribution in [2.45, 2.75) is 67.7 Å². The fraction of sp³-hybridized carbons (Fsp3) is 0.560. The molecule has 1 aliphatic carbocycles. The number of benzene rings is 1. The van der Waals surface area contributed by atoms with Gasteiger partial charge in [0.25, 0.3) is 5.88 Å². The molecule has 0 spiro atoms. The lowest BCUT2D eigenvalue weighted by molar-refractivity contribution is -0.114. The van der Waals surface area contributed by atoms with Gasteiger partial charge in [0, 0.05) is 19.1 Å². The second-order valence-corrected chi connectivity index (χ2v) is 12.3. The van der Waals surface area contributed by atoms with Gasteiger partial charge in [-0.3, -0.25) is 4.90 Å². The van der Waals surface area contributed by atoms with Crippen LogP contribution in [-0.2, 0) is 19.3 Å². The molecule has 3 aliphatic rings. The minimum atomic E-state index is -3.55. The molecular formula is C25H31FN4O7S. The van der Waals surface area contributed by atoms with Crippen LogP contribution in [-0.4, -0.2) is 79.7 Å². The van der Waals surface area contributed by atoms with E-state index >= 15 is 0 Å². The van der Waals surface area contributed by atoms with Crippen LogP contribution < -0.4 is 14.8 Å². The van der Waals surface area contributed by atoms with Crippen molar-refractivity contribution in [1.29, 1.82) is 0 Å². The van der Waals surface area contributed by atoms with Crippen molar-refractivity contribution in [2.24, 2.45) is 0 Å². The van der Waals surface area contributed by atoms with Crippen LogP contribution in [0.15, 0.2) is 29.4 Å². The Morgan fingerprint density at radius 1 is 1.21 bits per heavy atom. The van der Waals surface area contributed by atoms with Gasteiger partial charge in [0.15, 0.2) is 15.7 Å². The largest absolute Gasteiger partial charge is 0.489 e. The molecule has 2 unspecified atom stereocenters. The number of morpholine rings is 1. The third-order valence-electron chi connectivity index (χ3n) is 7.31. The number of sulfone groups is 1. The predicted octanol–water partition coefficient (Wildman–Crippen LogP) is 3.46. The molecule has 1 aromatic carbocycles. The van der Waals surface area contributed by atoms with E-state index in [4.69, 9.17) is 18.9 Å². The van der Waals surface area contributed by atoms with Crippen molar-refractivity contribution in [1.82, 2.24) is 14.9 Å². The summed E-state index contributed by atoms with van der Waals surface area (Å²) in [7, 11) is -2.14. The summed E-state index contributed by atoms with van der Waals surface area (Å²) in [6.07, 6.45) is 5.52. The van der Waals surface area contributed by atoms with E-state index < -0.39 is 15.7 Å². The highest BCUT2D eigenvalue weighted by Gasteiger charge is 2.46. The Morgan fingerprint density at radius 3 is 2.50 bits per heavy atom. The fourth-order valence-corrected chi connectivity index (χ4v) is 5.76. The Balaban J connectivity index is 1.30. The van der Waals surface area contributed by atoms with Crippen molar-refractivity contribution in [3.63, 3.8) is 0 Å². The summed E-state index contributed by atoms with van der Waals surface area (Å²) in [4.78, 5) is 23.0. The molecule has 1 N–H and O–H groups in total. The van der Waals surface area contributed by atoms with Crippen molar-refractivity contribution in [3.05, 3.63) is 30.3 Å². The first-order valence-electron chi connectivity index (χ1n) is 12.5. The molecule has 5 rings (SSSR count). The number of ether oxygens (including phenoxy) is 4. The van der Waals surface area contributed by atoms with Gasteiger partial charge in [-0.2, -0.15) is 4.98 Å². The maximum Gasteiger partial charge on any atom is 0.410 e. The molecule has 3 fully saturated rings. The molecular weight excluding hydrogens is 519 g/mol. The summed E-state index contributed by atoms with van der Waals surface area (Å²) in [6.45, 7) is 2.74. The van der Waals surface area contributed by atoms with Gasteiger partial charge in [0.05, 0.1) is 43.0 Å². The van der Waals surface area contributed by atoms with Gasteiger partial charge in [0.2, 0.25) is 5.75 Å². The number of hydrogen-bond donors (Lipinski definition) is 1. The standard InChI is InChI=1S/C25H31FN4O7S/c1-25(7-4-8-25)37-24(31)30-15-9-17(10-16(30)13-35-12-15)36-23-21(34-2)22(27-14-28-23)29-20-6-5-18(11-19(20)26)38(3,32)33/h5-6,11,14-17H,4,7-10,12-13H2,1-3H3,(H,27,28,29). The average Bonchev–Trinajstić information content (AvgIpc) is 2.83. The van der Waals surface area contributed by atoms with Crippen LogP contribution in [0.5, 0.6) is 11.6 Å². The minimum Gasteiger partial charge on any atom is -0.489 e. The molecule has 1 aromatic heterocycles. The van der Waals surface area contributed by atoms with Gasteiger partial charge >= 0.3 is 6.09 Å². The van der Waals surface area contributed by atoms with Crippen LogP contribution in [0.4, 0.5) is 20.7 Å². The molecule has 2 aliphatic heterocycles. The molecule has 1 amide bonds. The minimum absolute atomic E-state index is 0.0130. The van der Waals surface area contributed by atoms with E-state index in [1.807, 2.05) is 6.92 Å². The number of hydrogen-bond acceptors (Lipinski definition) is 10. The molecule has 13 heteroatoms. The lowest BCUT2D eigenvalue weighted by Gasteiger charge is -2.49. The predicted molar refractivity (Wildman–Crippen MR) is 134 cm³/mol. The van der Waals surface area contributed by atoms with Crippen LogP contribution in [0, 0.1) is 5.82 Å². The third-order valence-corrected chi connectivity index (χ3v) is 8.42. The fourth-order valence-electron chi connectivity index (χ4n) is 5.13. The number of aromatic nitrogens is 2. The number of nitrogens with zero attached hydrogens (tertiary/aromatic N) is 3. The van der Waals surface area contributed by atoms with Gasteiger partial charge in [-0.1, -0.05) is 0 Å². The van der Waals surface area contributed by atoms with E-state index in [0.717, 1.165) is 31.6 Å². The van der Waals surface area contributed by atoms with Crippen LogP contribution in [0.3, 0.4) is 0 Å². The topological polar surface area (TPSA) is 129 Å². The third kappa shape index (κ3) is 5.35. The summed E-state index contributed by atoms with van der Waals surface area (Å²) >= 11 is 0. The number of fused-ring (bicyclic) bond motifs is 2. The number of rotatable bonds is 7. The summed E-state index contributed by atoms with van der Waals surface area (Å²) in [5.74, 6) is -0.277. The molecule has 1 saturated carbocycles. The highest BCUT2D eigenvalue weighted by molar-refractivity contribution is 7.90. The Hall–Kier alpha value is -3.19. The highest BCUT2D eigenvalue weighted by Crippen LogP contribution is 2.39. The normalized spacial score (nSPS) is 24.2. The van der Waals surface area contributed by atoms with E-state index in [9.17, 15) is 17.6 Å². The van der Waals surface area contributed by atoms with Crippen molar-refractivity contribution < 1.29 is 36.6 Å².